The normalized spacial score (nSPS) is 24.0. The maximum Gasteiger partial charge on any atom is 0.136 e. The molecule has 0 aromatic carbocycles. The number of aromatic nitrogens is 3. The summed E-state index contributed by atoms with van der Waals surface area (Å²) >= 11 is 0. The van der Waals surface area contributed by atoms with E-state index < -0.39 is 0 Å². The minimum atomic E-state index is 0.576. The Bertz CT molecular complexity index is 313. The van der Waals surface area contributed by atoms with Gasteiger partial charge in [-0.3, -0.25) is 0 Å². The van der Waals surface area contributed by atoms with Crippen molar-refractivity contribution < 1.29 is 4.74 Å². The number of ether oxygens (including phenoxy) is 1. The summed E-state index contributed by atoms with van der Waals surface area (Å²) in [6, 6.07) is 0.697. The number of rotatable bonds is 2. The number of nitrogens with zero attached hydrogens (tertiary/aromatic N) is 3. The Morgan fingerprint density at radius 1 is 1.21 bits per heavy atom. The molecule has 1 saturated heterocycles. The second-order valence-corrected chi connectivity index (χ2v) is 4.21. The maximum absolute atomic E-state index is 5.36. The van der Waals surface area contributed by atoms with Crippen LogP contribution < -0.4 is 0 Å². The van der Waals surface area contributed by atoms with E-state index in [2.05, 4.69) is 14.8 Å². The minimum absolute atomic E-state index is 0.576. The van der Waals surface area contributed by atoms with Gasteiger partial charge >= 0.3 is 0 Å². The summed E-state index contributed by atoms with van der Waals surface area (Å²) in [5.74, 6) is 1.77. The van der Waals surface area contributed by atoms with Crippen molar-refractivity contribution in [3.8, 4) is 0 Å². The fourth-order valence-electron chi connectivity index (χ4n) is 2.13. The Morgan fingerprint density at radius 3 is 2.71 bits per heavy atom. The molecule has 1 aromatic rings. The first-order valence-corrected chi connectivity index (χ1v) is 5.42. The van der Waals surface area contributed by atoms with Gasteiger partial charge in [0.15, 0.2) is 0 Å². The monoisotopic (exact) mass is 193 g/mol. The topological polar surface area (TPSA) is 39.9 Å². The summed E-state index contributed by atoms with van der Waals surface area (Å²) in [5.41, 5.74) is 0. The van der Waals surface area contributed by atoms with E-state index in [1.807, 2.05) is 6.33 Å². The van der Waals surface area contributed by atoms with E-state index in [-0.39, 0.29) is 0 Å². The Kier molecular flexibility index (Phi) is 2.01. The van der Waals surface area contributed by atoms with Gasteiger partial charge in [-0.2, -0.15) is 0 Å². The van der Waals surface area contributed by atoms with E-state index in [1.165, 1.54) is 18.7 Å². The van der Waals surface area contributed by atoms with Crippen LogP contribution in [0.5, 0.6) is 0 Å². The van der Waals surface area contributed by atoms with Crippen LogP contribution in [-0.4, -0.2) is 28.0 Å². The highest BCUT2D eigenvalue weighted by molar-refractivity contribution is 5.02. The predicted octanol–water partition coefficient (Wildman–Crippen LogP) is 1.51. The Labute approximate surface area is 83.3 Å². The third-order valence-corrected chi connectivity index (χ3v) is 3.13. The van der Waals surface area contributed by atoms with Gasteiger partial charge in [0.1, 0.15) is 12.2 Å². The van der Waals surface area contributed by atoms with Gasteiger partial charge in [-0.1, -0.05) is 0 Å². The first kappa shape index (κ1) is 8.41. The van der Waals surface area contributed by atoms with E-state index >= 15 is 0 Å². The minimum Gasteiger partial charge on any atom is -0.381 e. The molecular weight excluding hydrogens is 178 g/mol. The van der Waals surface area contributed by atoms with Crippen LogP contribution in [0.25, 0.3) is 0 Å². The summed E-state index contributed by atoms with van der Waals surface area (Å²) in [4.78, 5) is 0. The van der Waals surface area contributed by atoms with Crippen molar-refractivity contribution in [3.05, 3.63) is 12.2 Å². The molecular formula is C10H15N3O. The smallest absolute Gasteiger partial charge is 0.136 e. The molecule has 0 amide bonds. The SMILES string of the molecule is c1nnc(C2CCOCC2)n1C1CC1. The third kappa shape index (κ3) is 1.43. The van der Waals surface area contributed by atoms with E-state index in [0.29, 0.717) is 12.0 Å². The van der Waals surface area contributed by atoms with E-state index in [9.17, 15) is 0 Å². The molecule has 0 N–H and O–H groups in total. The fraction of sp³-hybridized carbons (Fsp3) is 0.800. The van der Waals surface area contributed by atoms with Gasteiger partial charge in [-0.15, -0.1) is 10.2 Å². The van der Waals surface area contributed by atoms with Crippen molar-refractivity contribution in [1.29, 1.82) is 0 Å². The molecule has 0 unspecified atom stereocenters. The third-order valence-electron chi connectivity index (χ3n) is 3.13. The lowest BCUT2D eigenvalue weighted by atomic mass is 9.99. The Morgan fingerprint density at radius 2 is 2.00 bits per heavy atom. The maximum atomic E-state index is 5.36. The van der Waals surface area contributed by atoms with Crippen molar-refractivity contribution in [1.82, 2.24) is 14.8 Å². The Balaban J connectivity index is 1.82. The standard InChI is InChI=1S/C10H15N3O/c1-2-9(1)13-7-11-12-10(13)8-3-5-14-6-4-8/h7-9H,1-6H2. The zero-order valence-corrected chi connectivity index (χ0v) is 8.22. The molecule has 0 bridgehead atoms. The molecule has 2 aliphatic rings. The Hall–Kier alpha value is -0.900. The first-order valence-electron chi connectivity index (χ1n) is 5.42. The lowest BCUT2D eigenvalue weighted by Crippen LogP contribution is -2.17. The van der Waals surface area contributed by atoms with Gasteiger partial charge in [0.2, 0.25) is 0 Å². The fourth-order valence-corrected chi connectivity index (χ4v) is 2.13. The molecule has 4 heteroatoms. The van der Waals surface area contributed by atoms with Crippen LogP contribution in [0, 0.1) is 0 Å². The molecule has 14 heavy (non-hydrogen) atoms. The molecule has 1 aliphatic carbocycles. The van der Waals surface area contributed by atoms with Crippen LogP contribution >= 0.6 is 0 Å². The van der Waals surface area contributed by atoms with Gasteiger partial charge in [-0.25, -0.2) is 0 Å². The van der Waals surface area contributed by atoms with E-state index in [1.54, 1.807) is 0 Å². The molecule has 1 aliphatic heterocycles. The molecule has 3 rings (SSSR count). The molecule has 0 atom stereocenters. The lowest BCUT2D eigenvalue weighted by molar-refractivity contribution is 0.0827. The summed E-state index contributed by atoms with van der Waals surface area (Å²) in [5, 5.41) is 8.29. The van der Waals surface area contributed by atoms with E-state index in [4.69, 9.17) is 4.74 Å². The summed E-state index contributed by atoms with van der Waals surface area (Å²) in [7, 11) is 0. The van der Waals surface area contributed by atoms with Crippen LogP contribution in [0.4, 0.5) is 0 Å². The second kappa shape index (κ2) is 3.35. The van der Waals surface area contributed by atoms with Crippen LogP contribution in [0.2, 0.25) is 0 Å². The molecule has 1 aromatic heterocycles. The number of hydrogen-bond acceptors (Lipinski definition) is 3. The molecule has 4 nitrogen and oxygen atoms in total. The van der Waals surface area contributed by atoms with Gasteiger partial charge in [0.25, 0.3) is 0 Å². The molecule has 1 saturated carbocycles. The van der Waals surface area contributed by atoms with Crippen LogP contribution in [0.3, 0.4) is 0 Å². The quantitative estimate of drug-likeness (QED) is 0.714. The molecule has 2 heterocycles. The van der Waals surface area contributed by atoms with Crippen molar-refractivity contribution in [2.45, 2.75) is 37.6 Å². The second-order valence-electron chi connectivity index (χ2n) is 4.21. The van der Waals surface area contributed by atoms with Crippen molar-refractivity contribution in [2.75, 3.05) is 13.2 Å². The van der Waals surface area contributed by atoms with Crippen LogP contribution in [-0.2, 0) is 4.74 Å². The van der Waals surface area contributed by atoms with Gasteiger partial charge in [0, 0.05) is 25.2 Å². The zero-order chi connectivity index (χ0) is 9.38. The average molecular weight is 193 g/mol. The highest BCUT2D eigenvalue weighted by atomic mass is 16.5. The van der Waals surface area contributed by atoms with Gasteiger partial charge in [-0.05, 0) is 25.7 Å². The molecule has 0 spiro atoms. The summed E-state index contributed by atoms with van der Waals surface area (Å²) < 4.78 is 7.63. The average Bonchev–Trinajstić information content (AvgIpc) is 2.98. The van der Waals surface area contributed by atoms with Crippen LogP contribution in [0.15, 0.2) is 6.33 Å². The summed E-state index contributed by atoms with van der Waals surface area (Å²) in [6.07, 6.45) is 6.70. The predicted molar refractivity (Wildman–Crippen MR) is 51.1 cm³/mol. The highest BCUT2D eigenvalue weighted by Gasteiger charge is 2.29. The number of hydrogen-bond donors (Lipinski definition) is 0. The molecule has 76 valence electrons. The van der Waals surface area contributed by atoms with Crippen molar-refractivity contribution in [2.24, 2.45) is 0 Å². The van der Waals surface area contributed by atoms with Gasteiger partial charge in [0.05, 0.1) is 0 Å². The summed E-state index contributed by atoms with van der Waals surface area (Å²) in [6.45, 7) is 1.75. The lowest BCUT2D eigenvalue weighted by Gasteiger charge is -2.21. The highest BCUT2D eigenvalue weighted by Crippen LogP contribution is 2.38. The molecule has 2 fully saturated rings. The first-order chi connectivity index (χ1) is 6.95. The van der Waals surface area contributed by atoms with Crippen LogP contribution in [0.1, 0.15) is 43.5 Å². The van der Waals surface area contributed by atoms with Crippen molar-refractivity contribution >= 4 is 0 Å². The van der Waals surface area contributed by atoms with Gasteiger partial charge < -0.3 is 9.30 Å². The van der Waals surface area contributed by atoms with E-state index in [0.717, 1.165) is 26.1 Å². The zero-order valence-electron chi connectivity index (χ0n) is 8.22. The largest absolute Gasteiger partial charge is 0.381 e. The molecule has 0 radical (unpaired) electrons. The van der Waals surface area contributed by atoms with Crippen molar-refractivity contribution in [3.63, 3.8) is 0 Å².